The number of nitrogens with zero attached hydrogens (tertiary/aromatic N) is 3. The monoisotopic (exact) mass is 413 g/mol. The van der Waals surface area contributed by atoms with E-state index in [1.165, 1.54) is 33.9 Å². The van der Waals surface area contributed by atoms with E-state index in [-0.39, 0.29) is 16.9 Å². The van der Waals surface area contributed by atoms with Crippen LogP contribution in [0.1, 0.15) is 52.7 Å². The number of para-hydroxylation sites is 2. The van der Waals surface area contributed by atoms with Crippen LogP contribution in [0.4, 0.5) is 11.4 Å². The fraction of sp³-hybridized carbons (Fsp3) is 0.393. The Balaban J connectivity index is 1.83. The van der Waals surface area contributed by atoms with Crippen molar-refractivity contribution in [3.05, 3.63) is 83.2 Å². The summed E-state index contributed by atoms with van der Waals surface area (Å²) in [6.07, 6.45) is 4.58. The third-order valence-corrected chi connectivity index (χ3v) is 6.86. The van der Waals surface area contributed by atoms with E-state index in [4.69, 9.17) is 4.99 Å². The molecule has 0 saturated carbocycles. The molecule has 0 aromatic heterocycles. The summed E-state index contributed by atoms with van der Waals surface area (Å²) in [5, 5.41) is 0. The number of anilines is 2. The molecule has 2 aliphatic rings. The molecule has 0 radical (unpaired) electrons. The third kappa shape index (κ3) is 3.40. The van der Waals surface area contributed by atoms with Gasteiger partial charge in [-0.05, 0) is 49.3 Å². The van der Waals surface area contributed by atoms with Crippen LogP contribution in [-0.4, -0.2) is 25.8 Å². The highest BCUT2D eigenvalue weighted by molar-refractivity contribution is 6.06. The Bertz CT molecular complexity index is 1020. The van der Waals surface area contributed by atoms with E-state index in [0.717, 1.165) is 5.71 Å². The minimum atomic E-state index is -0.0678. The molecule has 2 aliphatic heterocycles. The fourth-order valence-corrected chi connectivity index (χ4v) is 5.21. The number of likely N-dealkylation sites (N-methyl/N-ethyl adjacent to an activating group) is 2. The summed E-state index contributed by atoms with van der Waals surface area (Å²) in [7, 11) is 4.34. The number of fused-ring (bicyclic) bond motifs is 2. The lowest BCUT2D eigenvalue weighted by molar-refractivity contribution is 0.639. The van der Waals surface area contributed by atoms with Crippen LogP contribution in [0, 0.1) is 0 Å². The standard InChI is InChI=1S/C28H35N3/c1-19(2)29-20(17-25-27(3,4)21-13-9-11-15-23(21)30(25)7)18-26-28(5,6)22-14-10-12-16-24(22)31(26)8/h9-19H,1-8H3/b25-17+,26-18+. The van der Waals surface area contributed by atoms with Gasteiger partial charge in [0.15, 0.2) is 0 Å². The van der Waals surface area contributed by atoms with Crippen LogP contribution < -0.4 is 9.80 Å². The topological polar surface area (TPSA) is 18.8 Å². The Kier molecular flexibility index (Phi) is 5.12. The highest BCUT2D eigenvalue weighted by Gasteiger charge is 2.40. The summed E-state index contributed by atoms with van der Waals surface area (Å²) in [5.74, 6) is 0. The van der Waals surface area contributed by atoms with Gasteiger partial charge in [0.1, 0.15) is 0 Å². The van der Waals surface area contributed by atoms with Gasteiger partial charge in [-0.1, -0.05) is 64.1 Å². The summed E-state index contributed by atoms with van der Waals surface area (Å²) in [6.45, 7) is 13.5. The molecule has 0 N–H and O–H groups in total. The molecule has 0 bridgehead atoms. The molecule has 0 spiro atoms. The molecule has 0 amide bonds. The number of rotatable bonds is 3. The molecule has 0 saturated heterocycles. The zero-order valence-corrected chi connectivity index (χ0v) is 20.2. The van der Waals surface area contributed by atoms with E-state index >= 15 is 0 Å². The third-order valence-electron chi connectivity index (χ3n) is 6.86. The summed E-state index contributed by atoms with van der Waals surface area (Å²) >= 11 is 0. The van der Waals surface area contributed by atoms with Gasteiger partial charge in [-0.25, -0.2) is 0 Å². The normalized spacial score (nSPS) is 21.1. The van der Waals surface area contributed by atoms with Crippen molar-refractivity contribution in [2.24, 2.45) is 4.99 Å². The lowest BCUT2D eigenvalue weighted by Gasteiger charge is -2.26. The molecule has 2 aromatic carbocycles. The van der Waals surface area contributed by atoms with Gasteiger partial charge in [-0.2, -0.15) is 0 Å². The highest BCUT2D eigenvalue weighted by atomic mass is 15.2. The summed E-state index contributed by atoms with van der Waals surface area (Å²) in [5.41, 5.74) is 8.74. The maximum absolute atomic E-state index is 5.04. The first kappa shape index (κ1) is 21.4. The summed E-state index contributed by atoms with van der Waals surface area (Å²) < 4.78 is 0. The second-order valence-electron chi connectivity index (χ2n) is 10.1. The van der Waals surface area contributed by atoms with Crippen molar-refractivity contribution in [1.29, 1.82) is 0 Å². The van der Waals surface area contributed by atoms with Gasteiger partial charge >= 0.3 is 0 Å². The van der Waals surface area contributed by atoms with E-state index in [0.29, 0.717) is 0 Å². The van der Waals surface area contributed by atoms with Crippen LogP contribution in [0.3, 0.4) is 0 Å². The smallest absolute Gasteiger partial charge is 0.0612 e. The van der Waals surface area contributed by atoms with Crippen molar-refractivity contribution in [3.63, 3.8) is 0 Å². The van der Waals surface area contributed by atoms with Gasteiger partial charge in [-0.15, -0.1) is 0 Å². The Hall–Kier alpha value is -2.81. The Labute approximate surface area is 187 Å². The molecule has 3 heteroatoms. The van der Waals surface area contributed by atoms with E-state index in [2.05, 4.69) is 126 Å². The van der Waals surface area contributed by atoms with Crippen molar-refractivity contribution < 1.29 is 0 Å². The molecule has 0 fully saturated rings. The molecule has 0 aliphatic carbocycles. The number of aliphatic imine (C=N–C) groups is 1. The van der Waals surface area contributed by atoms with E-state index in [1.54, 1.807) is 0 Å². The van der Waals surface area contributed by atoms with Crippen molar-refractivity contribution in [2.45, 2.75) is 58.4 Å². The lowest BCUT2D eigenvalue weighted by atomic mass is 9.82. The van der Waals surface area contributed by atoms with Crippen LogP contribution in [0.5, 0.6) is 0 Å². The van der Waals surface area contributed by atoms with Crippen LogP contribution in [0.25, 0.3) is 0 Å². The minimum absolute atomic E-state index is 0.0678. The van der Waals surface area contributed by atoms with Gasteiger partial charge in [0, 0.05) is 53.7 Å². The molecular weight excluding hydrogens is 378 g/mol. The molecular formula is C28H35N3. The van der Waals surface area contributed by atoms with Crippen molar-refractivity contribution in [3.8, 4) is 0 Å². The maximum Gasteiger partial charge on any atom is 0.0612 e. The minimum Gasteiger partial charge on any atom is -0.347 e. The van der Waals surface area contributed by atoms with Crippen LogP contribution in [0.2, 0.25) is 0 Å². The average molecular weight is 414 g/mol. The largest absolute Gasteiger partial charge is 0.347 e. The highest BCUT2D eigenvalue weighted by Crippen LogP contribution is 2.48. The summed E-state index contributed by atoms with van der Waals surface area (Å²) in [6, 6.07) is 17.6. The van der Waals surface area contributed by atoms with Crippen molar-refractivity contribution in [1.82, 2.24) is 0 Å². The van der Waals surface area contributed by atoms with Crippen LogP contribution in [0.15, 0.2) is 77.1 Å². The molecule has 31 heavy (non-hydrogen) atoms. The molecule has 0 unspecified atom stereocenters. The second-order valence-corrected chi connectivity index (χ2v) is 10.1. The number of benzene rings is 2. The van der Waals surface area contributed by atoms with Gasteiger partial charge in [0.05, 0.1) is 5.71 Å². The Morgan fingerprint density at radius 1 is 0.742 bits per heavy atom. The zero-order valence-electron chi connectivity index (χ0n) is 20.2. The quantitative estimate of drug-likeness (QED) is 0.538. The van der Waals surface area contributed by atoms with Crippen LogP contribution >= 0.6 is 0 Å². The van der Waals surface area contributed by atoms with E-state index < -0.39 is 0 Å². The first-order valence-electron chi connectivity index (χ1n) is 11.2. The molecule has 3 nitrogen and oxygen atoms in total. The number of hydrogen-bond acceptors (Lipinski definition) is 3. The van der Waals surface area contributed by atoms with Crippen LogP contribution in [-0.2, 0) is 10.8 Å². The fourth-order valence-electron chi connectivity index (χ4n) is 5.21. The molecule has 4 rings (SSSR count). The van der Waals surface area contributed by atoms with Crippen molar-refractivity contribution in [2.75, 3.05) is 23.9 Å². The second kappa shape index (κ2) is 7.40. The summed E-state index contributed by atoms with van der Waals surface area (Å²) in [4.78, 5) is 9.68. The maximum atomic E-state index is 5.04. The Morgan fingerprint density at radius 2 is 1.13 bits per heavy atom. The van der Waals surface area contributed by atoms with Gasteiger partial charge in [0.2, 0.25) is 0 Å². The first-order valence-corrected chi connectivity index (χ1v) is 11.2. The average Bonchev–Trinajstić information content (AvgIpc) is 3.03. The predicted octanol–water partition coefficient (Wildman–Crippen LogP) is 6.46. The first-order chi connectivity index (χ1) is 14.5. The number of allylic oxidation sites excluding steroid dienone is 4. The molecule has 2 heterocycles. The van der Waals surface area contributed by atoms with Gasteiger partial charge in [0.25, 0.3) is 0 Å². The van der Waals surface area contributed by atoms with Crippen molar-refractivity contribution >= 4 is 17.1 Å². The zero-order chi connectivity index (χ0) is 22.6. The van der Waals surface area contributed by atoms with E-state index in [9.17, 15) is 0 Å². The Morgan fingerprint density at radius 3 is 1.48 bits per heavy atom. The van der Waals surface area contributed by atoms with Gasteiger partial charge < -0.3 is 9.80 Å². The molecule has 0 atom stereocenters. The molecule has 2 aromatic rings. The predicted molar refractivity (Wildman–Crippen MR) is 134 cm³/mol. The number of hydrogen-bond donors (Lipinski definition) is 0. The van der Waals surface area contributed by atoms with E-state index in [1.807, 2.05) is 0 Å². The lowest BCUT2D eigenvalue weighted by Crippen LogP contribution is -2.26. The van der Waals surface area contributed by atoms with Gasteiger partial charge in [-0.3, -0.25) is 4.99 Å². The SMILES string of the molecule is CC(C)N=C(/C=C1/N(C)c2ccccc2C1(C)C)/C=C1/N(C)c2ccccc2C1(C)C. The molecule has 162 valence electrons.